The summed E-state index contributed by atoms with van der Waals surface area (Å²) in [5, 5.41) is 21.6. The van der Waals surface area contributed by atoms with Gasteiger partial charge >= 0.3 is 5.97 Å². The lowest BCUT2D eigenvalue weighted by molar-refractivity contribution is -0.139. The summed E-state index contributed by atoms with van der Waals surface area (Å²) in [6.07, 6.45) is 13.7. The SMILES string of the molecule is C1CCOC1.CC[C@H]1CCCCN(C)CCCCC(CC(C)=O)C1=O.CNC(CCCCN(C)CCCC(O)N(C)CC(C)=O)C(=O)O. The molecule has 2 heterocycles. The Bertz CT molecular complexity index is 863. The van der Waals surface area contributed by atoms with E-state index in [9.17, 15) is 24.3 Å². The van der Waals surface area contributed by atoms with Gasteiger partial charge in [-0.1, -0.05) is 26.2 Å². The van der Waals surface area contributed by atoms with Crippen molar-refractivity contribution in [3.8, 4) is 0 Å². The fourth-order valence-corrected chi connectivity index (χ4v) is 6.19. The molecule has 2 aliphatic heterocycles. The van der Waals surface area contributed by atoms with Crippen molar-refractivity contribution in [1.82, 2.24) is 20.0 Å². The van der Waals surface area contributed by atoms with Crippen molar-refractivity contribution in [2.24, 2.45) is 11.8 Å². The summed E-state index contributed by atoms with van der Waals surface area (Å²) < 4.78 is 4.94. The number of aliphatic carboxylic acids is 1. The van der Waals surface area contributed by atoms with E-state index < -0.39 is 18.2 Å². The summed E-state index contributed by atoms with van der Waals surface area (Å²) in [6, 6.07) is -0.465. The number of Topliss-reactive ketones (excluding diaryl/α,β-unsaturated/α-hetero) is 3. The van der Waals surface area contributed by atoms with Gasteiger partial charge in [-0.05, 0) is 139 Å². The first-order valence-electron chi connectivity index (χ1n) is 18.6. The van der Waals surface area contributed by atoms with E-state index in [1.54, 1.807) is 25.9 Å². The molecule has 0 bridgehead atoms. The molecule has 2 rings (SSSR count). The van der Waals surface area contributed by atoms with E-state index in [0.29, 0.717) is 25.0 Å². The maximum absolute atomic E-state index is 12.6. The first kappa shape index (κ1) is 46.2. The molecule has 0 aromatic heterocycles. The molecule has 2 aliphatic rings. The van der Waals surface area contributed by atoms with Crippen molar-refractivity contribution in [2.75, 3.05) is 74.1 Å². The number of carbonyl (C=O) groups excluding carboxylic acids is 3. The van der Waals surface area contributed by atoms with Crippen LogP contribution < -0.4 is 5.32 Å². The van der Waals surface area contributed by atoms with Gasteiger partial charge in [-0.3, -0.25) is 19.3 Å². The van der Waals surface area contributed by atoms with Crippen LogP contribution in [0.25, 0.3) is 0 Å². The van der Waals surface area contributed by atoms with Crippen LogP contribution in [0.3, 0.4) is 0 Å². The van der Waals surface area contributed by atoms with Crippen molar-refractivity contribution in [2.45, 2.75) is 129 Å². The van der Waals surface area contributed by atoms with Gasteiger partial charge < -0.3 is 34.9 Å². The number of hydrogen-bond donors (Lipinski definition) is 3. The van der Waals surface area contributed by atoms with Gasteiger partial charge in [-0.15, -0.1) is 0 Å². The number of hydrogen-bond acceptors (Lipinski definition) is 10. The first-order valence-corrected chi connectivity index (χ1v) is 18.6. The summed E-state index contributed by atoms with van der Waals surface area (Å²) >= 11 is 0. The lowest BCUT2D eigenvalue weighted by Gasteiger charge is -2.23. The minimum absolute atomic E-state index is 0.0258. The van der Waals surface area contributed by atoms with Gasteiger partial charge in [0.15, 0.2) is 0 Å². The van der Waals surface area contributed by atoms with Crippen molar-refractivity contribution >= 4 is 23.3 Å². The van der Waals surface area contributed by atoms with Crippen LogP contribution >= 0.6 is 0 Å². The van der Waals surface area contributed by atoms with Crippen molar-refractivity contribution < 1.29 is 34.1 Å². The van der Waals surface area contributed by atoms with E-state index in [4.69, 9.17) is 9.84 Å². The maximum Gasteiger partial charge on any atom is 0.320 e. The molecule has 282 valence electrons. The second-order valence-electron chi connectivity index (χ2n) is 13.9. The van der Waals surface area contributed by atoms with E-state index in [1.165, 1.54) is 26.2 Å². The van der Waals surface area contributed by atoms with Crippen LogP contribution in [0.5, 0.6) is 0 Å². The highest BCUT2D eigenvalue weighted by Gasteiger charge is 2.26. The monoisotopic (exact) mass is 685 g/mol. The van der Waals surface area contributed by atoms with Crippen molar-refractivity contribution in [1.29, 1.82) is 0 Å². The van der Waals surface area contributed by atoms with Crippen LogP contribution in [-0.2, 0) is 23.9 Å². The van der Waals surface area contributed by atoms with E-state index in [1.807, 2.05) is 7.05 Å². The average Bonchev–Trinajstić information content (AvgIpc) is 3.62. The Balaban J connectivity index is 0.000000804. The molecule has 0 aromatic carbocycles. The number of carbonyl (C=O) groups is 4. The normalized spacial score (nSPS) is 20.8. The number of carboxylic acid groups (broad SMARTS) is 1. The van der Waals surface area contributed by atoms with Crippen LogP contribution in [0.15, 0.2) is 0 Å². The summed E-state index contributed by atoms with van der Waals surface area (Å²) in [7, 11) is 7.62. The Hall–Kier alpha value is -1.76. The molecular weight excluding hydrogens is 612 g/mol. The van der Waals surface area contributed by atoms with Crippen molar-refractivity contribution in [3.63, 3.8) is 0 Å². The molecule has 0 amide bonds. The van der Waals surface area contributed by atoms with Crippen LogP contribution in [0.2, 0.25) is 0 Å². The highest BCUT2D eigenvalue weighted by molar-refractivity contribution is 5.88. The van der Waals surface area contributed by atoms with E-state index >= 15 is 0 Å². The third-order valence-corrected chi connectivity index (χ3v) is 9.26. The van der Waals surface area contributed by atoms with Crippen LogP contribution in [0, 0.1) is 11.8 Å². The largest absolute Gasteiger partial charge is 0.480 e. The molecule has 4 atom stereocenters. The standard InChI is InChI=1S/C17H31NO2.C16H33N3O4.C4H8O/c1-4-15-9-5-7-11-18(3)12-8-6-10-16(17(15)20)13-14(2)19;1-13(20)12-19(4)15(21)9-7-11-18(3)10-6-5-8-14(17-2)16(22)23;1-2-4-5-3-1/h15-16H,4-13H2,1-3H3;14-15,17,21H,5-12H2,1-4H3,(H,22,23);1-4H2/t15-,16?;;/m0../s1. The second kappa shape index (κ2) is 29.0. The van der Waals surface area contributed by atoms with Crippen molar-refractivity contribution in [3.05, 3.63) is 0 Å². The second-order valence-corrected chi connectivity index (χ2v) is 13.9. The van der Waals surface area contributed by atoms with Gasteiger partial charge in [0, 0.05) is 31.5 Å². The van der Waals surface area contributed by atoms with Gasteiger partial charge in [0.05, 0.1) is 6.54 Å². The molecule has 0 saturated carbocycles. The Labute approximate surface area is 292 Å². The number of nitrogens with one attached hydrogen (secondary N) is 1. The third kappa shape index (κ3) is 24.4. The molecule has 0 radical (unpaired) electrons. The van der Waals surface area contributed by atoms with Crippen LogP contribution in [0.4, 0.5) is 0 Å². The van der Waals surface area contributed by atoms with E-state index in [0.717, 1.165) is 97.2 Å². The fraction of sp³-hybridized carbons (Fsp3) is 0.892. The predicted molar refractivity (Wildman–Crippen MR) is 193 cm³/mol. The number of rotatable bonds is 17. The smallest absolute Gasteiger partial charge is 0.320 e. The lowest BCUT2D eigenvalue weighted by Crippen LogP contribution is -2.35. The molecule has 0 aromatic rings. The summed E-state index contributed by atoms with van der Waals surface area (Å²) in [5.74, 6) is -0.0975. The van der Waals surface area contributed by atoms with E-state index in [2.05, 4.69) is 29.1 Å². The molecule has 11 nitrogen and oxygen atoms in total. The molecule has 11 heteroatoms. The molecular formula is C37H72N4O7. The number of ether oxygens (including phenoxy) is 1. The van der Waals surface area contributed by atoms with Crippen LogP contribution in [0.1, 0.15) is 117 Å². The molecule has 3 N–H and O–H groups in total. The third-order valence-electron chi connectivity index (χ3n) is 9.26. The Morgan fingerprint density at radius 3 is 1.96 bits per heavy atom. The number of unbranched alkanes of at least 4 members (excludes halogenated alkanes) is 1. The molecule has 48 heavy (non-hydrogen) atoms. The summed E-state index contributed by atoms with van der Waals surface area (Å²) in [4.78, 5) is 52.1. The number of carboxylic acids is 1. The topological polar surface area (TPSA) is 140 Å². The van der Waals surface area contributed by atoms with Gasteiger partial charge in [-0.25, -0.2) is 0 Å². The fourth-order valence-electron chi connectivity index (χ4n) is 6.19. The number of ketones is 3. The zero-order chi connectivity index (χ0) is 36.3. The Kier molecular flexibility index (Phi) is 28.0. The Morgan fingerprint density at radius 1 is 0.896 bits per heavy atom. The zero-order valence-corrected chi connectivity index (χ0v) is 31.6. The Morgan fingerprint density at radius 2 is 1.48 bits per heavy atom. The summed E-state index contributed by atoms with van der Waals surface area (Å²) in [5.41, 5.74) is 0. The maximum atomic E-state index is 12.6. The molecule has 3 unspecified atom stereocenters. The predicted octanol–water partition coefficient (Wildman–Crippen LogP) is 4.64. The molecule has 2 fully saturated rings. The highest BCUT2D eigenvalue weighted by Crippen LogP contribution is 2.25. The lowest BCUT2D eigenvalue weighted by atomic mass is 9.82. The highest BCUT2D eigenvalue weighted by atomic mass is 16.5. The minimum atomic E-state index is -0.801. The minimum Gasteiger partial charge on any atom is -0.480 e. The number of aliphatic hydroxyl groups is 1. The van der Waals surface area contributed by atoms with Crippen LogP contribution in [-0.4, -0.2) is 135 Å². The number of nitrogens with zero attached hydrogens (tertiary/aromatic N) is 3. The first-order chi connectivity index (χ1) is 22.8. The zero-order valence-electron chi connectivity index (χ0n) is 31.6. The molecule has 0 aliphatic carbocycles. The van der Waals surface area contributed by atoms with Gasteiger partial charge in [0.1, 0.15) is 29.6 Å². The quantitative estimate of drug-likeness (QED) is 0.146. The van der Waals surface area contributed by atoms with Gasteiger partial charge in [0.25, 0.3) is 0 Å². The average molecular weight is 685 g/mol. The molecule has 0 spiro atoms. The summed E-state index contributed by atoms with van der Waals surface area (Å²) in [6.45, 7) is 11.5. The number of aliphatic hydroxyl groups excluding tert-OH is 1. The van der Waals surface area contributed by atoms with Gasteiger partial charge in [0.2, 0.25) is 0 Å². The molecule has 2 saturated heterocycles. The van der Waals surface area contributed by atoms with Gasteiger partial charge in [-0.2, -0.15) is 0 Å². The van der Waals surface area contributed by atoms with E-state index in [-0.39, 0.29) is 29.9 Å². The number of likely N-dealkylation sites (N-methyl/N-ethyl adjacent to an activating group) is 2.